The molecule has 2 heterocycles. The van der Waals surface area contributed by atoms with Gasteiger partial charge in [0.1, 0.15) is 5.75 Å². The van der Waals surface area contributed by atoms with Gasteiger partial charge in [-0.25, -0.2) is 4.68 Å². The fourth-order valence-corrected chi connectivity index (χ4v) is 3.48. The first-order chi connectivity index (χ1) is 14.2. The molecule has 7 heteroatoms. The second-order valence-corrected chi connectivity index (χ2v) is 6.92. The van der Waals surface area contributed by atoms with Gasteiger partial charge in [0.25, 0.3) is 0 Å². The minimum absolute atomic E-state index is 0.0773. The summed E-state index contributed by atoms with van der Waals surface area (Å²) in [5.74, 6) is 0.0153. The number of ether oxygens (including phenoxy) is 1. The number of hydrogen-bond acceptors (Lipinski definition) is 4. The topological polar surface area (TPSA) is 76.5 Å². The highest BCUT2D eigenvalue weighted by molar-refractivity contribution is 6.01. The highest BCUT2D eigenvalue weighted by Gasteiger charge is 2.36. The van der Waals surface area contributed by atoms with Gasteiger partial charge >= 0.3 is 0 Å². The highest BCUT2D eigenvalue weighted by atomic mass is 16.5. The van der Waals surface area contributed by atoms with Crippen molar-refractivity contribution in [2.24, 2.45) is 5.92 Å². The molecule has 0 bridgehead atoms. The molecular formula is C22H22N4O3. The summed E-state index contributed by atoms with van der Waals surface area (Å²) < 4.78 is 7.11. The second-order valence-electron chi connectivity index (χ2n) is 6.92. The first kappa shape index (κ1) is 18.7. The summed E-state index contributed by atoms with van der Waals surface area (Å²) in [6.45, 7) is 0.708. The van der Waals surface area contributed by atoms with E-state index in [-0.39, 0.29) is 18.2 Å². The number of amides is 2. The molecular weight excluding hydrogens is 368 g/mol. The number of carbonyl (C=O) groups excluding carboxylic acids is 2. The molecule has 1 unspecified atom stereocenters. The van der Waals surface area contributed by atoms with E-state index in [1.807, 2.05) is 54.7 Å². The lowest BCUT2D eigenvalue weighted by atomic mass is 10.1. The van der Waals surface area contributed by atoms with Crippen LogP contribution in [-0.2, 0) is 16.1 Å². The van der Waals surface area contributed by atoms with Crippen LogP contribution in [0.15, 0.2) is 67.0 Å². The zero-order chi connectivity index (χ0) is 20.2. The number of hydrogen-bond donors (Lipinski definition) is 1. The summed E-state index contributed by atoms with van der Waals surface area (Å²) >= 11 is 0. The van der Waals surface area contributed by atoms with Crippen LogP contribution >= 0.6 is 0 Å². The number of benzene rings is 2. The molecule has 2 aromatic carbocycles. The van der Waals surface area contributed by atoms with Crippen LogP contribution in [0.3, 0.4) is 0 Å². The number of anilines is 1. The molecule has 0 radical (unpaired) electrons. The van der Waals surface area contributed by atoms with Crippen LogP contribution in [0, 0.1) is 5.92 Å². The third-order valence-electron chi connectivity index (χ3n) is 5.00. The van der Waals surface area contributed by atoms with Gasteiger partial charge in [-0.1, -0.05) is 30.3 Å². The Labute approximate surface area is 168 Å². The molecule has 1 fully saturated rings. The molecule has 2 amide bonds. The fourth-order valence-electron chi connectivity index (χ4n) is 3.48. The van der Waals surface area contributed by atoms with Crippen molar-refractivity contribution in [2.75, 3.05) is 18.6 Å². The molecule has 148 valence electrons. The molecule has 1 saturated heterocycles. The predicted molar refractivity (Wildman–Crippen MR) is 109 cm³/mol. The second kappa shape index (κ2) is 8.18. The van der Waals surface area contributed by atoms with Crippen molar-refractivity contribution < 1.29 is 14.3 Å². The van der Waals surface area contributed by atoms with E-state index in [1.54, 1.807) is 29.0 Å². The van der Waals surface area contributed by atoms with Gasteiger partial charge in [0.15, 0.2) is 0 Å². The van der Waals surface area contributed by atoms with Gasteiger partial charge in [-0.3, -0.25) is 9.59 Å². The van der Waals surface area contributed by atoms with Crippen LogP contribution in [-0.4, -0.2) is 35.2 Å². The first-order valence-electron chi connectivity index (χ1n) is 9.46. The summed E-state index contributed by atoms with van der Waals surface area (Å²) in [4.78, 5) is 26.7. The van der Waals surface area contributed by atoms with Crippen molar-refractivity contribution in [3.05, 3.63) is 72.6 Å². The van der Waals surface area contributed by atoms with Crippen LogP contribution in [0.5, 0.6) is 5.75 Å². The van der Waals surface area contributed by atoms with Gasteiger partial charge in [-0.15, -0.1) is 0 Å². The van der Waals surface area contributed by atoms with Crippen LogP contribution in [0.4, 0.5) is 5.69 Å². The van der Waals surface area contributed by atoms with Crippen LogP contribution < -0.4 is 15.0 Å². The SMILES string of the molecule is COc1ccccc1N1CC(C(=O)NCc2cnn(-c3ccccc3)c2)CC1=O. The van der Waals surface area contributed by atoms with E-state index in [4.69, 9.17) is 4.74 Å². The first-order valence-corrected chi connectivity index (χ1v) is 9.46. The lowest BCUT2D eigenvalue weighted by molar-refractivity contribution is -0.126. The third kappa shape index (κ3) is 3.99. The third-order valence-corrected chi connectivity index (χ3v) is 5.00. The highest BCUT2D eigenvalue weighted by Crippen LogP contribution is 2.32. The number of methoxy groups -OCH3 is 1. The maximum absolute atomic E-state index is 12.6. The Kier molecular flexibility index (Phi) is 5.29. The smallest absolute Gasteiger partial charge is 0.227 e. The molecule has 29 heavy (non-hydrogen) atoms. The Bertz CT molecular complexity index is 1020. The quantitative estimate of drug-likeness (QED) is 0.702. The zero-order valence-electron chi connectivity index (χ0n) is 16.1. The number of para-hydroxylation sites is 3. The molecule has 3 aromatic rings. The monoisotopic (exact) mass is 390 g/mol. The van der Waals surface area contributed by atoms with Crippen molar-refractivity contribution in [3.8, 4) is 11.4 Å². The van der Waals surface area contributed by atoms with Gasteiger partial charge in [0.2, 0.25) is 11.8 Å². The number of nitrogens with zero attached hydrogens (tertiary/aromatic N) is 3. The molecule has 1 aliphatic rings. The van der Waals surface area contributed by atoms with E-state index in [1.165, 1.54) is 0 Å². The average Bonchev–Trinajstić information content (AvgIpc) is 3.39. The van der Waals surface area contributed by atoms with Gasteiger partial charge in [0.05, 0.1) is 30.6 Å². The molecule has 0 saturated carbocycles. The number of carbonyl (C=O) groups is 2. The molecule has 7 nitrogen and oxygen atoms in total. The molecule has 4 rings (SSSR count). The van der Waals surface area contributed by atoms with Crippen molar-refractivity contribution in [3.63, 3.8) is 0 Å². The fraction of sp³-hybridized carbons (Fsp3) is 0.227. The Morgan fingerprint density at radius 1 is 1.17 bits per heavy atom. The number of aromatic nitrogens is 2. The normalized spacial score (nSPS) is 16.1. The Hall–Kier alpha value is -3.61. The summed E-state index contributed by atoms with van der Waals surface area (Å²) in [6.07, 6.45) is 3.80. The maximum atomic E-state index is 12.6. The summed E-state index contributed by atoms with van der Waals surface area (Å²) in [5.41, 5.74) is 2.55. The molecule has 1 N–H and O–H groups in total. The Balaban J connectivity index is 1.37. The maximum Gasteiger partial charge on any atom is 0.227 e. The predicted octanol–water partition coefficient (Wildman–Crippen LogP) is 2.55. The molecule has 1 aromatic heterocycles. The van der Waals surface area contributed by atoms with Crippen molar-refractivity contribution in [2.45, 2.75) is 13.0 Å². The van der Waals surface area contributed by atoms with E-state index in [2.05, 4.69) is 10.4 Å². The van der Waals surface area contributed by atoms with E-state index in [9.17, 15) is 9.59 Å². The Morgan fingerprint density at radius 2 is 1.93 bits per heavy atom. The van der Waals surface area contributed by atoms with Crippen LogP contribution in [0.2, 0.25) is 0 Å². The minimum Gasteiger partial charge on any atom is -0.495 e. The van der Waals surface area contributed by atoms with Gasteiger partial charge in [-0.2, -0.15) is 5.10 Å². The molecule has 1 aliphatic heterocycles. The minimum atomic E-state index is -0.392. The number of nitrogens with one attached hydrogen (secondary N) is 1. The summed E-state index contributed by atoms with van der Waals surface area (Å²) in [7, 11) is 1.57. The molecule has 0 aliphatic carbocycles. The average molecular weight is 390 g/mol. The van der Waals surface area contributed by atoms with E-state index in [0.29, 0.717) is 24.5 Å². The Morgan fingerprint density at radius 3 is 2.72 bits per heavy atom. The largest absolute Gasteiger partial charge is 0.495 e. The van der Waals surface area contributed by atoms with E-state index < -0.39 is 5.92 Å². The van der Waals surface area contributed by atoms with Crippen LogP contribution in [0.1, 0.15) is 12.0 Å². The molecule has 0 spiro atoms. The van der Waals surface area contributed by atoms with Crippen molar-refractivity contribution in [1.82, 2.24) is 15.1 Å². The van der Waals surface area contributed by atoms with Gasteiger partial charge < -0.3 is 15.0 Å². The molecule has 1 atom stereocenters. The summed E-state index contributed by atoms with van der Waals surface area (Å²) in [6, 6.07) is 17.1. The van der Waals surface area contributed by atoms with Crippen LogP contribution in [0.25, 0.3) is 5.69 Å². The van der Waals surface area contributed by atoms with Gasteiger partial charge in [-0.05, 0) is 24.3 Å². The lowest BCUT2D eigenvalue weighted by Crippen LogP contribution is -2.32. The lowest BCUT2D eigenvalue weighted by Gasteiger charge is -2.19. The van der Waals surface area contributed by atoms with E-state index >= 15 is 0 Å². The van der Waals surface area contributed by atoms with Gasteiger partial charge in [0, 0.05) is 31.3 Å². The number of rotatable bonds is 6. The van der Waals surface area contributed by atoms with E-state index in [0.717, 1.165) is 11.3 Å². The standard InChI is InChI=1S/C22H22N4O3/c1-29-20-10-6-5-9-19(20)25-15-17(11-21(25)27)22(28)23-12-16-13-24-26(14-16)18-7-3-2-4-8-18/h2-10,13-14,17H,11-12,15H2,1H3,(H,23,28). The van der Waals surface area contributed by atoms with Crippen molar-refractivity contribution in [1.29, 1.82) is 0 Å². The summed E-state index contributed by atoms with van der Waals surface area (Å²) in [5, 5.41) is 7.26. The zero-order valence-corrected chi connectivity index (χ0v) is 16.1. The van der Waals surface area contributed by atoms with Crippen molar-refractivity contribution >= 4 is 17.5 Å².